The highest BCUT2D eigenvalue weighted by molar-refractivity contribution is 5.88. The Morgan fingerprint density at radius 2 is 2.43 bits per heavy atom. The van der Waals surface area contributed by atoms with E-state index >= 15 is 0 Å². The second-order valence-electron chi connectivity index (χ2n) is 3.14. The summed E-state index contributed by atoms with van der Waals surface area (Å²) in [5, 5.41) is 2.57. The van der Waals surface area contributed by atoms with Gasteiger partial charge in [-0.2, -0.15) is 0 Å². The fourth-order valence-electron chi connectivity index (χ4n) is 1.15. The van der Waals surface area contributed by atoms with Crippen LogP contribution in [0.5, 0.6) is 0 Å². The average Bonchev–Trinajstić information content (AvgIpc) is 2.52. The van der Waals surface area contributed by atoms with Crippen LogP contribution in [0.15, 0.2) is 0 Å². The van der Waals surface area contributed by atoms with Crippen molar-refractivity contribution in [3.05, 3.63) is 0 Å². The van der Waals surface area contributed by atoms with E-state index in [1.54, 1.807) is 0 Å². The first-order chi connectivity index (χ1) is 6.74. The summed E-state index contributed by atoms with van der Waals surface area (Å²) in [6, 6.07) is -0.541. The molecule has 0 saturated carbocycles. The smallest absolute Gasteiger partial charge is 0.268 e. The van der Waals surface area contributed by atoms with Crippen molar-refractivity contribution < 1.29 is 14.4 Å². The first-order valence-electron chi connectivity index (χ1n) is 4.65. The summed E-state index contributed by atoms with van der Waals surface area (Å²) < 4.78 is 0. The molecule has 1 heterocycles. The number of unbranched alkanes of at least 4 members (excludes halogenated alkanes) is 1. The van der Waals surface area contributed by atoms with Crippen molar-refractivity contribution in [1.29, 1.82) is 0 Å². The van der Waals surface area contributed by atoms with Crippen LogP contribution in [0.25, 0.3) is 0 Å². The number of hydroxylamine groups is 1. The molecule has 1 saturated heterocycles. The van der Waals surface area contributed by atoms with Crippen LogP contribution in [0.2, 0.25) is 0 Å². The molecule has 0 aromatic carbocycles. The molecule has 2 amide bonds. The van der Waals surface area contributed by atoms with Crippen LogP contribution < -0.4 is 16.5 Å². The van der Waals surface area contributed by atoms with Crippen molar-refractivity contribution in [3.8, 4) is 0 Å². The van der Waals surface area contributed by atoms with Gasteiger partial charge in [0.15, 0.2) is 0 Å². The molecule has 0 unspecified atom stereocenters. The number of carbonyl (C=O) groups excluding carboxylic acids is 2. The first-order valence-corrected chi connectivity index (χ1v) is 4.65. The van der Waals surface area contributed by atoms with Gasteiger partial charge in [-0.25, -0.2) is 5.48 Å². The quantitative estimate of drug-likeness (QED) is 0.480. The molecule has 0 aliphatic carbocycles. The molecule has 6 heteroatoms. The molecule has 0 bridgehead atoms. The maximum Gasteiger partial charge on any atom is 0.268 e. The molecule has 1 atom stereocenters. The van der Waals surface area contributed by atoms with E-state index in [0.717, 1.165) is 12.8 Å². The molecule has 0 radical (unpaired) electrons. The molecule has 1 fully saturated rings. The van der Waals surface area contributed by atoms with Gasteiger partial charge in [-0.1, -0.05) is 0 Å². The standard InChI is InChI=1S/C8H15N3O3/c9-4-2-1-3-7(12)10-6-5-14-11-8(6)13/h6H,1-5,9H2,(H,10,12)(H,11,13)/t6-/m1/s1. The van der Waals surface area contributed by atoms with Crippen LogP contribution in [0.3, 0.4) is 0 Å². The molecule has 6 nitrogen and oxygen atoms in total. The van der Waals surface area contributed by atoms with Crippen LogP contribution in [0.4, 0.5) is 0 Å². The Labute approximate surface area is 82.1 Å². The molecule has 80 valence electrons. The maximum atomic E-state index is 11.2. The van der Waals surface area contributed by atoms with Gasteiger partial charge < -0.3 is 11.1 Å². The number of amides is 2. The number of rotatable bonds is 5. The third-order valence-corrected chi connectivity index (χ3v) is 1.93. The highest BCUT2D eigenvalue weighted by Crippen LogP contribution is 1.97. The van der Waals surface area contributed by atoms with Gasteiger partial charge in [-0.15, -0.1) is 0 Å². The van der Waals surface area contributed by atoms with Gasteiger partial charge in [0.2, 0.25) is 5.91 Å². The van der Waals surface area contributed by atoms with E-state index < -0.39 is 6.04 Å². The number of hydrogen-bond donors (Lipinski definition) is 3. The zero-order valence-corrected chi connectivity index (χ0v) is 7.91. The van der Waals surface area contributed by atoms with Gasteiger partial charge in [-0.3, -0.25) is 14.4 Å². The van der Waals surface area contributed by atoms with Crippen molar-refractivity contribution in [1.82, 2.24) is 10.8 Å². The van der Waals surface area contributed by atoms with Gasteiger partial charge in [0.05, 0.1) is 0 Å². The van der Waals surface area contributed by atoms with Crippen molar-refractivity contribution in [2.75, 3.05) is 13.2 Å². The Kier molecular flexibility index (Phi) is 4.34. The topological polar surface area (TPSA) is 93.5 Å². The molecule has 14 heavy (non-hydrogen) atoms. The minimum absolute atomic E-state index is 0.135. The maximum absolute atomic E-state index is 11.2. The lowest BCUT2D eigenvalue weighted by Crippen LogP contribution is -2.41. The molecule has 1 aliphatic rings. The highest BCUT2D eigenvalue weighted by atomic mass is 16.7. The number of carbonyl (C=O) groups is 2. The lowest BCUT2D eigenvalue weighted by Gasteiger charge is -2.07. The van der Waals surface area contributed by atoms with E-state index in [9.17, 15) is 9.59 Å². The van der Waals surface area contributed by atoms with E-state index in [1.165, 1.54) is 0 Å². The van der Waals surface area contributed by atoms with Crippen molar-refractivity contribution in [3.63, 3.8) is 0 Å². The van der Waals surface area contributed by atoms with Crippen LogP contribution in [0, 0.1) is 0 Å². The Morgan fingerprint density at radius 3 is 3.00 bits per heavy atom. The first kappa shape index (κ1) is 10.9. The van der Waals surface area contributed by atoms with Gasteiger partial charge in [0, 0.05) is 6.42 Å². The third kappa shape index (κ3) is 3.31. The summed E-state index contributed by atoms with van der Waals surface area (Å²) in [5.41, 5.74) is 7.45. The lowest BCUT2D eigenvalue weighted by atomic mass is 10.2. The fraction of sp³-hybridized carbons (Fsp3) is 0.750. The van der Waals surface area contributed by atoms with Gasteiger partial charge in [-0.05, 0) is 19.4 Å². The van der Waals surface area contributed by atoms with E-state index in [4.69, 9.17) is 5.73 Å². The van der Waals surface area contributed by atoms with Crippen molar-refractivity contribution >= 4 is 11.8 Å². The zero-order valence-electron chi connectivity index (χ0n) is 7.91. The molecule has 1 aliphatic heterocycles. The normalized spacial score (nSPS) is 20.6. The minimum Gasteiger partial charge on any atom is -0.342 e. The second-order valence-corrected chi connectivity index (χ2v) is 3.14. The Hall–Kier alpha value is -1.14. The molecule has 4 N–H and O–H groups in total. The van der Waals surface area contributed by atoms with E-state index in [-0.39, 0.29) is 18.4 Å². The second kappa shape index (κ2) is 5.56. The monoisotopic (exact) mass is 201 g/mol. The average molecular weight is 201 g/mol. The number of nitrogens with two attached hydrogens (primary N) is 1. The van der Waals surface area contributed by atoms with Crippen LogP contribution >= 0.6 is 0 Å². The van der Waals surface area contributed by atoms with Crippen LogP contribution in [0.1, 0.15) is 19.3 Å². The van der Waals surface area contributed by atoms with E-state index in [2.05, 4.69) is 15.6 Å². The predicted octanol–water partition coefficient (Wildman–Crippen LogP) is -1.34. The molecular weight excluding hydrogens is 186 g/mol. The van der Waals surface area contributed by atoms with Crippen molar-refractivity contribution in [2.45, 2.75) is 25.3 Å². The van der Waals surface area contributed by atoms with E-state index in [0.29, 0.717) is 13.0 Å². The van der Waals surface area contributed by atoms with Gasteiger partial charge in [0.25, 0.3) is 5.91 Å². The van der Waals surface area contributed by atoms with Crippen LogP contribution in [-0.4, -0.2) is 31.0 Å². The SMILES string of the molecule is NCCCCC(=O)N[C@@H]1CONC1=O. The number of hydrogen-bond acceptors (Lipinski definition) is 4. The minimum atomic E-state index is -0.541. The highest BCUT2D eigenvalue weighted by Gasteiger charge is 2.26. The van der Waals surface area contributed by atoms with E-state index in [1.807, 2.05) is 0 Å². The summed E-state index contributed by atoms with van der Waals surface area (Å²) in [4.78, 5) is 26.9. The molecule has 0 aromatic heterocycles. The summed E-state index contributed by atoms with van der Waals surface area (Å²) in [6.45, 7) is 0.780. The predicted molar refractivity (Wildman–Crippen MR) is 48.9 cm³/mol. The van der Waals surface area contributed by atoms with Crippen molar-refractivity contribution in [2.24, 2.45) is 5.73 Å². The summed E-state index contributed by atoms with van der Waals surface area (Å²) >= 11 is 0. The third-order valence-electron chi connectivity index (χ3n) is 1.93. The lowest BCUT2D eigenvalue weighted by molar-refractivity contribution is -0.128. The summed E-state index contributed by atoms with van der Waals surface area (Å²) in [5.74, 6) is -0.429. The largest absolute Gasteiger partial charge is 0.342 e. The Morgan fingerprint density at radius 1 is 1.64 bits per heavy atom. The molecule has 1 rings (SSSR count). The summed E-state index contributed by atoms with van der Waals surface area (Å²) in [7, 11) is 0. The number of nitrogens with one attached hydrogen (secondary N) is 2. The fourth-order valence-corrected chi connectivity index (χ4v) is 1.15. The Balaban J connectivity index is 2.16. The zero-order chi connectivity index (χ0) is 10.4. The van der Waals surface area contributed by atoms with Crippen LogP contribution in [-0.2, 0) is 14.4 Å². The molecule has 0 aromatic rings. The molecule has 0 spiro atoms. The molecular formula is C8H15N3O3. The summed E-state index contributed by atoms with van der Waals surface area (Å²) in [6.07, 6.45) is 1.97. The van der Waals surface area contributed by atoms with Gasteiger partial charge in [0.1, 0.15) is 12.6 Å². The Bertz CT molecular complexity index is 220. The van der Waals surface area contributed by atoms with Gasteiger partial charge >= 0.3 is 0 Å².